The van der Waals surface area contributed by atoms with Gasteiger partial charge in [-0.2, -0.15) is 5.26 Å². The number of epoxide rings is 1. The number of fused-ring (bicyclic) bond motifs is 1. The molecule has 1 aliphatic rings. The van der Waals surface area contributed by atoms with E-state index in [1.165, 1.54) is 19.2 Å². The van der Waals surface area contributed by atoms with E-state index >= 15 is 0 Å². The van der Waals surface area contributed by atoms with E-state index in [9.17, 15) is 9.65 Å². The third kappa shape index (κ3) is 2.87. The molecular formula is C19H14FN3O3. The Labute approximate surface area is 148 Å². The molecule has 7 heteroatoms. The molecule has 0 bridgehead atoms. The summed E-state index contributed by atoms with van der Waals surface area (Å²) in [5.74, 6) is 0.449. The smallest absolute Gasteiger partial charge is 0.217 e. The van der Waals surface area contributed by atoms with Crippen LogP contribution in [0.4, 0.5) is 10.1 Å². The Morgan fingerprint density at radius 2 is 2.12 bits per heavy atom. The summed E-state index contributed by atoms with van der Waals surface area (Å²) in [5.41, 5.74) is 7.40. The number of rotatable bonds is 4. The van der Waals surface area contributed by atoms with Gasteiger partial charge in [0.1, 0.15) is 23.4 Å². The van der Waals surface area contributed by atoms with Crippen molar-refractivity contribution in [3.63, 3.8) is 0 Å². The zero-order valence-corrected chi connectivity index (χ0v) is 13.8. The normalized spacial score (nSPS) is 15.5. The quantitative estimate of drug-likeness (QED) is 0.569. The molecule has 0 radical (unpaired) electrons. The Balaban J connectivity index is 1.86. The number of nitriles is 1. The lowest BCUT2D eigenvalue weighted by Gasteiger charge is -2.12. The van der Waals surface area contributed by atoms with Crippen molar-refractivity contribution in [1.82, 2.24) is 4.98 Å². The standard InChI is InChI=1S/C19H14FN3O3/c1-24-19-7-17(26-11-2-3-15(22)14(20)5-11)13-4-10(8-21)12(18-9-25-18)6-16(13)23-19/h2-7,18H,9,22H2,1H3/t18-/m0/s1. The van der Waals surface area contributed by atoms with Crippen molar-refractivity contribution in [2.75, 3.05) is 19.5 Å². The van der Waals surface area contributed by atoms with Gasteiger partial charge in [-0.3, -0.25) is 0 Å². The van der Waals surface area contributed by atoms with Crippen LogP contribution in [0.3, 0.4) is 0 Å². The average molecular weight is 351 g/mol. The van der Waals surface area contributed by atoms with Crippen molar-refractivity contribution in [3.8, 4) is 23.4 Å². The fraction of sp³-hybridized carbons (Fsp3) is 0.158. The summed E-state index contributed by atoms with van der Waals surface area (Å²) in [5, 5.41) is 10.1. The van der Waals surface area contributed by atoms with Gasteiger partial charge in [0.25, 0.3) is 0 Å². The number of nitrogens with two attached hydrogens (primary N) is 1. The predicted octanol–water partition coefficient (Wildman–Crippen LogP) is 3.70. The number of methoxy groups -OCH3 is 1. The summed E-state index contributed by atoms with van der Waals surface area (Å²) in [6.07, 6.45) is -0.0855. The number of hydrogen-bond acceptors (Lipinski definition) is 6. The Kier molecular flexibility index (Phi) is 3.82. The van der Waals surface area contributed by atoms with Crippen LogP contribution in [0.25, 0.3) is 10.9 Å². The highest BCUT2D eigenvalue weighted by Crippen LogP contribution is 2.38. The highest BCUT2D eigenvalue weighted by Gasteiger charge is 2.28. The summed E-state index contributed by atoms with van der Waals surface area (Å²) in [4.78, 5) is 4.41. The maximum Gasteiger partial charge on any atom is 0.217 e. The van der Waals surface area contributed by atoms with E-state index in [4.69, 9.17) is 19.9 Å². The van der Waals surface area contributed by atoms with E-state index in [0.29, 0.717) is 34.7 Å². The molecule has 2 N–H and O–H groups in total. The molecule has 2 heterocycles. The van der Waals surface area contributed by atoms with Gasteiger partial charge >= 0.3 is 0 Å². The molecule has 1 fully saturated rings. The third-order valence-electron chi connectivity index (χ3n) is 4.13. The molecule has 6 nitrogen and oxygen atoms in total. The number of halogens is 1. The Hall–Kier alpha value is -3.37. The van der Waals surface area contributed by atoms with Gasteiger partial charge < -0.3 is 19.9 Å². The molecule has 0 saturated carbocycles. The van der Waals surface area contributed by atoms with E-state index in [2.05, 4.69) is 11.1 Å². The van der Waals surface area contributed by atoms with Crippen molar-refractivity contribution >= 4 is 16.6 Å². The van der Waals surface area contributed by atoms with Gasteiger partial charge in [-0.05, 0) is 24.3 Å². The van der Waals surface area contributed by atoms with Crippen molar-refractivity contribution in [1.29, 1.82) is 5.26 Å². The second-order valence-corrected chi connectivity index (χ2v) is 5.84. The molecule has 0 unspecified atom stereocenters. The minimum absolute atomic E-state index is 0.0374. The van der Waals surface area contributed by atoms with E-state index in [-0.39, 0.29) is 17.5 Å². The molecule has 130 valence electrons. The first-order valence-electron chi connectivity index (χ1n) is 7.86. The summed E-state index contributed by atoms with van der Waals surface area (Å²) in [6, 6.07) is 11.4. The summed E-state index contributed by atoms with van der Waals surface area (Å²) < 4.78 is 30.1. The van der Waals surface area contributed by atoms with E-state index < -0.39 is 5.82 Å². The largest absolute Gasteiger partial charge is 0.481 e. The zero-order valence-electron chi connectivity index (χ0n) is 13.8. The number of nitrogen functional groups attached to an aromatic ring is 1. The summed E-state index contributed by atoms with van der Waals surface area (Å²) >= 11 is 0. The van der Waals surface area contributed by atoms with Crippen molar-refractivity contribution in [2.45, 2.75) is 6.10 Å². The summed E-state index contributed by atoms with van der Waals surface area (Å²) in [6.45, 7) is 0.582. The predicted molar refractivity (Wildman–Crippen MR) is 92.6 cm³/mol. The van der Waals surface area contributed by atoms with Crippen LogP contribution >= 0.6 is 0 Å². The van der Waals surface area contributed by atoms with Crippen LogP contribution in [0.2, 0.25) is 0 Å². The Bertz CT molecular complexity index is 1060. The molecule has 0 aliphatic carbocycles. The maximum absolute atomic E-state index is 13.7. The first-order valence-corrected chi connectivity index (χ1v) is 7.86. The average Bonchev–Trinajstić information content (AvgIpc) is 3.48. The lowest BCUT2D eigenvalue weighted by Crippen LogP contribution is -1.97. The number of hydrogen-bond donors (Lipinski definition) is 1. The van der Waals surface area contributed by atoms with Crippen molar-refractivity contribution < 1.29 is 18.6 Å². The first-order chi connectivity index (χ1) is 12.6. The molecule has 1 atom stereocenters. The number of anilines is 1. The van der Waals surface area contributed by atoms with Gasteiger partial charge in [0.2, 0.25) is 5.88 Å². The topological polar surface area (TPSA) is 93.7 Å². The minimum Gasteiger partial charge on any atom is -0.481 e. The van der Waals surface area contributed by atoms with Gasteiger partial charge in [0.05, 0.1) is 36.6 Å². The molecule has 1 aliphatic heterocycles. The molecule has 1 saturated heterocycles. The van der Waals surface area contributed by atoms with Crippen LogP contribution in [0.5, 0.6) is 17.4 Å². The van der Waals surface area contributed by atoms with Gasteiger partial charge in [-0.15, -0.1) is 0 Å². The van der Waals surface area contributed by atoms with Gasteiger partial charge in [0.15, 0.2) is 0 Å². The maximum atomic E-state index is 13.7. The monoisotopic (exact) mass is 351 g/mol. The lowest BCUT2D eigenvalue weighted by atomic mass is 10.0. The van der Waals surface area contributed by atoms with Crippen LogP contribution in [-0.4, -0.2) is 18.7 Å². The van der Waals surface area contributed by atoms with E-state index in [1.807, 2.05) is 0 Å². The lowest BCUT2D eigenvalue weighted by molar-refractivity contribution is 0.394. The number of ether oxygens (including phenoxy) is 3. The second-order valence-electron chi connectivity index (χ2n) is 5.84. The number of nitrogens with zero attached hydrogens (tertiary/aromatic N) is 2. The Morgan fingerprint density at radius 1 is 1.31 bits per heavy atom. The van der Waals surface area contributed by atoms with Crippen LogP contribution in [0.15, 0.2) is 36.4 Å². The van der Waals surface area contributed by atoms with E-state index in [0.717, 1.165) is 5.56 Å². The highest BCUT2D eigenvalue weighted by atomic mass is 19.1. The minimum atomic E-state index is -0.571. The zero-order chi connectivity index (χ0) is 18.3. The highest BCUT2D eigenvalue weighted by molar-refractivity contribution is 5.88. The SMILES string of the molecule is COc1cc(Oc2ccc(N)c(F)c2)c2cc(C#N)c([C@@H]3CO3)cc2n1. The molecule has 3 aromatic rings. The van der Waals surface area contributed by atoms with Crippen LogP contribution in [0, 0.1) is 17.1 Å². The second kappa shape index (κ2) is 6.17. The third-order valence-corrected chi connectivity index (χ3v) is 4.13. The van der Waals surface area contributed by atoms with Gasteiger partial charge in [0, 0.05) is 23.1 Å². The fourth-order valence-electron chi connectivity index (χ4n) is 2.71. The molecule has 1 aromatic heterocycles. The number of aromatic nitrogens is 1. The molecular weight excluding hydrogens is 337 g/mol. The Morgan fingerprint density at radius 3 is 2.77 bits per heavy atom. The molecule has 2 aromatic carbocycles. The van der Waals surface area contributed by atoms with Gasteiger partial charge in [-0.1, -0.05) is 0 Å². The molecule has 0 spiro atoms. The van der Waals surface area contributed by atoms with Crippen molar-refractivity contribution in [3.05, 3.63) is 53.3 Å². The molecule has 26 heavy (non-hydrogen) atoms. The van der Waals surface area contributed by atoms with Crippen LogP contribution in [-0.2, 0) is 4.74 Å². The first kappa shape index (κ1) is 16.1. The molecule has 0 amide bonds. The molecule has 4 rings (SSSR count). The number of benzene rings is 2. The van der Waals surface area contributed by atoms with E-state index in [1.54, 1.807) is 24.3 Å². The van der Waals surface area contributed by atoms with Crippen LogP contribution in [0.1, 0.15) is 17.2 Å². The fourth-order valence-corrected chi connectivity index (χ4v) is 2.71. The van der Waals surface area contributed by atoms with Crippen molar-refractivity contribution in [2.24, 2.45) is 0 Å². The van der Waals surface area contributed by atoms with Gasteiger partial charge in [-0.25, -0.2) is 9.37 Å². The number of pyridine rings is 1. The summed E-state index contributed by atoms with van der Waals surface area (Å²) in [7, 11) is 1.50. The van der Waals surface area contributed by atoms with Crippen LogP contribution < -0.4 is 15.2 Å².